The molecule has 2 saturated heterocycles. The minimum Gasteiger partial charge on any atom is -0.461 e. The summed E-state index contributed by atoms with van der Waals surface area (Å²) in [6.07, 6.45) is 1.34. The Labute approximate surface area is 154 Å². The van der Waals surface area contributed by atoms with E-state index in [-0.39, 0.29) is 30.1 Å². The van der Waals surface area contributed by atoms with Crippen LogP contribution < -0.4 is 0 Å². The van der Waals surface area contributed by atoms with Crippen LogP contribution in [0.4, 0.5) is 4.39 Å². The number of ether oxygens (including phenoxy) is 1. The first-order chi connectivity index (χ1) is 12.1. The molecular formula is C18H25FN2O4S. The van der Waals surface area contributed by atoms with Crippen molar-refractivity contribution >= 4 is 16.0 Å². The summed E-state index contributed by atoms with van der Waals surface area (Å²) >= 11 is 0. The van der Waals surface area contributed by atoms with E-state index < -0.39 is 21.3 Å². The third-order valence-corrected chi connectivity index (χ3v) is 7.38. The molecule has 2 heterocycles. The van der Waals surface area contributed by atoms with Gasteiger partial charge in [-0.1, -0.05) is 6.07 Å². The van der Waals surface area contributed by atoms with Crippen molar-refractivity contribution in [3.05, 3.63) is 29.6 Å². The second-order valence-electron chi connectivity index (χ2n) is 7.59. The van der Waals surface area contributed by atoms with Crippen molar-refractivity contribution < 1.29 is 22.3 Å². The van der Waals surface area contributed by atoms with Crippen molar-refractivity contribution in [1.82, 2.24) is 9.21 Å². The van der Waals surface area contributed by atoms with Crippen molar-refractivity contribution in [3.63, 3.8) is 0 Å². The molecule has 6 nitrogen and oxygen atoms in total. The summed E-state index contributed by atoms with van der Waals surface area (Å²) in [6, 6.07) is 3.78. The van der Waals surface area contributed by atoms with E-state index in [9.17, 15) is 17.6 Å². The number of benzene rings is 1. The summed E-state index contributed by atoms with van der Waals surface area (Å²) < 4.78 is 46.2. The summed E-state index contributed by atoms with van der Waals surface area (Å²) in [5, 5.41) is 0. The van der Waals surface area contributed by atoms with Gasteiger partial charge in [0, 0.05) is 26.1 Å². The van der Waals surface area contributed by atoms with Gasteiger partial charge in [0.15, 0.2) is 0 Å². The summed E-state index contributed by atoms with van der Waals surface area (Å²) in [7, 11) is 0.0734. The van der Waals surface area contributed by atoms with E-state index in [2.05, 4.69) is 0 Å². The smallest absolute Gasteiger partial charge is 0.312 e. The molecule has 2 fully saturated rings. The maximum absolute atomic E-state index is 13.5. The zero-order valence-corrected chi connectivity index (χ0v) is 16.2. The number of carbonyl (C=O) groups excluding carboxylic acids is 1. The van der Waals surface area contributed by atoms with Gasteiger partial charge in [0.1, 0.15) is 11.9 Å². The molecule has 2 aliphatic rings. The number of nitrogens with zero attached hydrogens (tertiary/aromatic N) is 2. The van der Waals surface area contributed by atoms with Crippen LogP contribution in [-0.4, -0.2) is 63.4 Å². The van der Waals surface area contributed by atoms with Gasteiger partial charge < -0.3 is 9.64 Å². The molecule has 0 aromatic heterocycles. The van der Waals surface area contributed by atoms with E-state index in [0.717, 1.165) is 6.07 Å². The fourth-order valence-corrected chi connectivity index (χ4v) is 5.58. The van der Waals surface area contributed by atoms with E-state index in [4.69, 9.17) is 4.74 Å². The molecule has 1 aromatic carbocycles. The predicted molar refractivity (Wildman–Crippen MR) is 94.6 cm³/mol. The number of hydrogen-bond donors (Lipinski definition) is 0. The van der Waals surface area contributed by atoms with Crippen LogP contribution in [0, 0.1) is 18.2 Å². The largest absolute Gasteiger partial charge is 0.461 e. The molecule has 1 atom stereocenters. The van der Waals surface area contributed by atoms with Crippen molar-refractivity contribution in [3.8, 4) is 0 Å². The van der Waals surface area contributed by atoms with Gasteiger partial charge >= 0.3 is 5.97 Å². The van der Waals surface area contributed by atoms with Crippen LogP contribution >= 0.6 is 0 Å². The Morgan fingerprint density at radius 1 is 1.31 bits per heavy atom. The summed E-state index contributed by atoms with van der Waals surface area (Å²) in [6.45, 7) is 2.79. The predicted octanol–water partition coefficient (Wildman–Crippen LogP) is 1.78. The summed E-state index contributed by atoms with van der Waals surface area (Å²) in [5.74, 6) is -0.795. The molecule has 0 radical (unpaired) electrons. The number of rotatable bonds is 4. The molecule has 2 aliphatic heterocycles. The molecule has 0 bridgehead atoms. The standard InChI is InChI=1S/C18H25FN2O4S/c1-13-4-5-14(19)10-16(13)26(23,24)21-8-6-18(7-9-21)11-15(12-20(2)3)25-17(18)22/h4-5,10,15H,6-9,11-12H2,1-3H3. The van der Waals surface area contributed by atoms with Crippen LogP contribution in [0.2, 0.25) is 0 Å². The Balaban J connectivity index is 1.74. The number of hydrogen-bond acceptors (Lipinski definition) is 5. The fourth-order valence-electron chi connectivity index (χ4n) is 3.90. The van der Waals surface area contributed by atoms with Gasteiger partial charge in [0.2, 0.25) is 10.0 Å². The number of esters is 1. The molecule has 0 saturated carbocycles. The molecule has 8 heteroatoms. The summed E-state index contributed by atoms with van der Waals surface area (Å²) in [5.41, 5.74) is -0.0815. The first kappa shape index (κ1) is 19.3. The zero-order valence-electron chi connectivity index (χ0n) is 15.4. The minimum absolute atomic E-state index is 0.00654. The lowest BCUT2D eigenvalue weighted by molar-refractivity contribution is -0.150. The van der Waals surface area contributed by atoms with Gasteiger partial charge in [-0.15, -0.1) is 0 Å². The van der Waals surface area contributed by atoms with E-state index in [1.165, 1.54) is 16.4 Å². The number of piperidine rings is 1. The van der Waals surface area contributed by atoms with E-state index in [0.29, 0.717) is 31.4 Å². The highest BCUT2D eigenvalue weighted by atomic mass is 32.2. The molecule has 1 spiro atoms. The molecule has 26 heavy (non-hydrogen) atoms. The monoisotopic (exact) mass is 384 g/mol. The van der Waals surface area contributed by atoms with Gasteiger partial charge in [0.05, 0.1) is 10.3 Å². The van der Waals surface area contributed by atoms with Crippen LogP contribution in [0.3, 0.4) is 0 Å². The van der Waals surface area contributed by atoms with Crippen molar-refractivity contribution in [2.45, 2.75) is 37.2 Å². The van der Waals surface area contributed by atoms with Crippen LogP contribution in [0.5, 0.6) is 0 Å². The van der Waals surface area contributed by atoms with Crippen LogP contribution in [0.15, 0.2) is 23.1 Å². The maximum Gasteiger partial charge on any atom is 0.312 e. The number of cyclic esters (lactones) is 1. The topological polar surface area (TPSA) is 66.9 Å². The van der Waals surface area contributed by atoms with Gasteiger partial charge in [-0.25, -0.2) is 12.8 Å². The Morgan fingerprint density at radius 3 is 2.58 bits per heavy atom. The number of likely N-dealkylation sites (N-methyl/N-ethyl adjacent to an activating group) is 1. The van der Waals surface area contributed by atoms with Crippen molar-refractivity contribution in [2.24, 2.45) is 5.41 Å². The lowest BCUT2D eigenvalue weighted by atomic mass is 9.76. The Bertz CT molecular complexity index is 801. The van der Waals surface area contributed by atoms with E-state index in [1.807, 2.05) is 19.0 Å². The quantitative estimate of drug-likeness (QED) is 0.741. The van der Waals surface area contributed by atoms with Crippen LogP contribution in [0.1, 0.15) is 24.8 Å². The Morgan fingerprint density at radius 2 is 1.96 bits per heavy atom. The molecule has 0 aliphatic carbocycles. The molecule has 1 unspecified atom stereocenters. The van der Waals surface area contributed by atoms with E-state index >= 15 is 0 Å². The lowest BCUT2D eigenvalue weighted by Gasteiger charge is -2.36. The average molecular weight is 384 g/mol. The minimum atomic E-state index is -3.78. The third kappa shape index (κ3) is 3.50. The highest BCUT2D eigenvalue weighted by Crippen LogP contribution is 2.44. The molecule has 144 valence electrons. The molecular weight excluding hydrogens is 359 g/mol. The fraction of sp³-hybridized carbons (Fsp3) is 0.611. The molecule has 0 N–H and O–H groups in total. The Kier molecular flexibility index (Phi) is 5.11. The highest BCUT2D eigenvalue weighted by molar-refractivity contribution is 7.89. The SMILES string of the molecule is Cc1ccc(F)cc1S(=O)(=O)N1CCC2(CC1)CC(CN(C)C)OC2=O. The van der Waals surface area contributed by atoms with Gasteiger partial charge in [0.25, 0.3) is 0 Å². The number of halogens is 1. The normalized spacial score (nSPS) is 23.6. The van der Waals surface area contributed by atoms with Crippen molar-refractivity contribution in [1.29, 1.82) is 0 Å². The highest BCUT2D eigenvalue weighted by Gasteiger charge is 2.51. The third-order valence-electron chi connectivity index (χ3n) is 5.34. The molecule has 0 amide bonds. The van der Waals surface area contributed by atoms with E-state index in [1.54, 1.807) is 6.92 Å². The average Bonchev–Trinajstić information content (AvgIpc) is 2.84. The number of carbonyl (C=O) groups is 1. The van der Waals surface area contributed by atoms with Crippen LogP contribution in [0.25, 0.3) is 0 Å². The van der Waals surface area contributed by atoms with Gasteiger partial charge in [-0.3, -0.25) is 4.79 Å². The summed E-state index contributed by atoms with van der Waals surface area (Å²) in [4.78, 5) is 14.4. The first-order valence-electron chi connectivity index (χ1n) is 8.76. The lowest BCUT2D eigenvalue weighted by Crippen LogP contribution is -2.45. The number of sulfonamides is 1. The van der Waals surface area contributed by atoms with Crippen LogP contribution in [-0.2, 0) is 19.6 Å². The Hall–Kier alpha value is -1.51. The van der Waals surface area contributed by atoms with Crippen molar-refractivity contribution in [2.75, 3.05) is 33.7 Å². The molecule has 3 rings (SSSR count). The second kappa shape index (κ2) is 6.90. The maximum atomic E-state index is 13.5. The van der Waals surface area contributed by atoms with Gasteiger partial charge in [-0.2, -0.15) is 4.31 Å². The first-order valence-corrected chi connectivity index (χ1v) is 10.2. The molecule has 1 aromatic rings. The van der Waals surface area contributed by atoms with Gasteiger partial charge in [-0.05, 0) is 51.6 Å². The number of aryl methyl sites for hydroxylation is 1. The zero-order chi connectivity index (χ0) is 19.1. The second-order valence-corrected chi connectivity index (χ2v) is 9.49.